The monoisotopic (exact) mass is 414 g/mol. The zero-order valence-electron chi connectivity index (χ0n) is 17.5. The van der Waals surface area contributed by atoms with Gasteiger partial charge >= 0.3 is 0 Å². The number of carbonyl (C=O) groups excluding carboxylic acids is 1. The van der Waals surface area contributed by atoms with E-state index in [1.54, 1.807) is 22.7 Å². The van der Waals surface area contributed by atoms with Crippen LogP contribution in [0, 0.1) is 0 Å². The fourth-order valence-electron chi connectivity index (χ4n) is 4.09. The summed E-state index contributed by atoms with van der Waals surface area (Å²) >= 11 is 0. The van der Waals surface area contributed by atoms with Gasteiger partial charge < -0.3 is 14.9 Å². The molecule has 5 aromatic rings. The van der Waals surface area contributed by atoms with Crippen LogP contribution >= 0.6 is 0 Å². The molecule has 156 valence electrons. The van der Waals surface area contributed by atoms with E-state index in [-0.39, 0.29) is 23.6 Å². The third-order valence-electron chi connectivity index (χ3n) is 5.50. The van der Waals surface area contributed by atoms with E-state index in [1.165, 1.54) is 6.20 Å². The van der Waals surface area contributed by atoms with Crippen molar-refractivity contribution in [3.05, 3.63) is 76.5 Å². The number of amides is 1. The predicted molar refractivity (Wildman–Crippen MR) is 119 cm³/mol. The molecule has 2 N–H and O–H groups in total. The van der Waals surface area contributed by atoms with E-state index in [0.717, 1.165) is 16.9 Å². The molecule has 0 aliphatic carbocycles. The lowest BCUT2D eigenvalue weighted by molar-refractivity contribution is 0.0939. The molecule has 1 atom stereocenters. The van der Waals surface area contributed by atoms with E-state index in [2.05, 4.69) is 33.8 Å². The van der Waals surface area contributed by atoms with Crippen LogP contribution in [0.3, 0.4) is 0 Å². The average Bonchev–Trinajstić information content (AvgIpc) is 3.36. The molecule has 0 saturated heterocycles. The topological polar surface area (TPSA) is 97.1 Å². The third-order valence-corrected chi connectivity index (χ3v) is 5.50. The van der Waals surface area contributed by atoms with Crippen LogP contribution in [0.1, 0.15) is 49.0 Å². The molecule has 1 unspecified atom stereocenters. The van der Waals surface area contributed by atoms with E-state index in [4.69, 9.17) is 4.98 Å². The molecule has 0 bridgehead atoms. The zero-order valence-corrected chi connectivity index (χ0v) is 17.5. The predicted octanol–water partition coefficient (Wildman–Crippen LogP) is 3.60. The van der Waals surface area contributed by atoms with Crippen molar-refractivity contribution < 1.29 is 4.79 Å². The Labute approximate surface area is 177 Å². The lowest BCUT2D eigenvalue weighted by Crippen LogP contribution is -2.29. The maximum absolute atomic E-state index is 13.1. The van der Waals surface area contributed by atoms with Gasteiger partial charge in [-0.2, -0.15) is 5.10 Å². The number of benzene rings is 2. The van der Waals surface area contributed by atoms with Crippen LogP contribution < -0.4 is 10.9 Å². The minimum atomic E-state index is -0.343. The molecule has 0 aliphatic rings. The first kappa shape index (κ1) is 19.0. The van der Waals surface area contributed by atoms with E-state index in [9.17, 15) is 9.59 Å². The summed E-state index contributed by atoms with van der Waals surface area (Å²) in [5, 5.41) is 7.87. The summed E-state index contributed by atoms with van der Waals surface area (Å²) in [6.07, 6.45) is 1.48. The van der Waals surface area contributed by atoms with Gasteiger partial charge in [0.1, 0.15) is 17.0 Å². The van der Waals surface area contributed by atoms with E-state index in [1.807, 2.05) is 37.3 Å². The number of nitrogens with zero attached hydrogens (tertiary/aromatic N) is 4. The van der Waals surface area contributed by atoms with Crippen LogP contribution in [0.2, 0.25) is 0 Å². The Morgan fingerprint density at radius 3 is 2.52 bits per heavy atom. The van der Waals surface area contributed by atoms with E-state index in [0.29, 0.717) is 22.1 Å². The Balaban J connectivity index is 1.54. The largest absolute Gasteiger partial charge is 0.342 e. The maximum Gasteiger partial charge on any atom is 0.259 e. The molecule has 2 aromatic carbocycles. The Hall–Kier alpha value is -3.94. The first-order valence-corrected chi connectivity index (χ1v) is 10.2. The number of imidazole rings is 1. The summed E-state index contributed by atoms with van der Waals surface area (Å²) in [5.41, 5.74) is 2.98. The number of aromatic nitrogens is 5. The third kappa shape index (κ3) is 2.99. The quantitative estimate of drug-likeness (QED) is 0.470. The van der Waals surface area contributed by atoms with Crippen molar-refractivity contribution in [3.8, 4) is 0 Å². The number of hydrogen-bond donors (Lipinski definition) is 2. The van der Waals surface area contributed by atoms with Gasteiger partial charge in [0.25, 0.3) is 11.5 Å². The van der Waals surface area contributed by atoms with Gasteiger partial charge in [0, 0.05) is 6.04 Å². The van der Waals surface area contributed by atoms with E-state index >= 15 is 0 Å². The molecule has 8 heteroatoms. The lowest BCUT2D eigenvalue weighted by Gasteiger charge is -2.18. The lowest BCUT2D eigenvalue weighted by atomic mass is 10.2. The van der Waals surface area contributed by atoms with Crippen LogP contribution in [-0.4, -0.2) is 30.1 Å². The zero-order chi connectivity index (χ0) is 21.7. The Morgan fingerprint density at radius 2 is 1.74 bits per heavy atom. The summed E-state index contributed by atoms with van der Waals surface area (Å²) in [6.45, 7) is 6.09. The molecule has 1 amide bonds. The van der Waals surface area contributed by atoms with Gasteiger partial charge in [-0.1, -0.05) is 24.3 Å². The van der Waals surface area contributed by atoms with Gasteiger partial charge in [0.15, 0.2) is 0 Å². The number of aromatic amines is 1. The highest BCUT2D eigenvalue weighted by atomic mass is 16.2. The molecule has 31 heavy (non-hydrogen) atoms. The van der Waals surface area contributed by atoms with Crippen molar-refractivity contribution in [2.24, 2.45) is 0 Å². The standard InChI is InChI=1S/C23H22N6O2/c1-13(2)28-19-11-7-5-9-17(19)26-20(28)14(3)25-23(31)16-12-24-29-18-10-6-4-8-15(18)22(30)27-21(16)29/h4-14H,1-3H3,(H,25,31)(H,27,30). The minimum absolute atomic E-state index is 0.182. The molecule has 0 aliphatic heterocycles. The summed E-state index contributed by atoms with van der Waals surface area (Å²) in [7, 11) is 0. The second-order valence-electron chi connectivity index (χ2n) is 7.91. The molecular weight excluding hydrogens is 392 g/mol. The Kier molecular flexibility index (Phi) is 4.35. The fourth-order valence-corrected chi connectivity index (χ4v) is 4.09. The highest BCUT2D eigenvalue weighted by Gasteiger charge is 2.22. The Bertz CT molecular complexity index is 1510. The first-order chi connectivity index (χ1) is 15.0. The number of H-pyrrole nitrogens is 1. The van der Waals surface area contributed by atoms with Gasteiger partial charge in [-0.05, 0) is 45.0 Å². The van der Waals surface area contributed by atoms with Crippen molar-refractivity contribution in [1.29, 1.82) is 0 Å². The molecule has 0 fully saturated rings. The minimum Gasteiger partial charge on any atom is -0.342 e. The number of nitrogens with one attached hydrogen (secondary N) is 2. The molecule has 0 radical (unpaired) electrons. The fraction of sp³-hybridized carbons (Fsp3) is 0.217. The van der Waals surface area contributed by atoms with Crippen molar-refractivity contribution in [1.82, 2.24) is 29.5 Å². The molecule has 3 heterocycles. The van der Waals surface area contributed by atoms with Crippen molar-refractivity contribution in [2.75, 3.05) is 0 Å². The number of hydrogen-bond acceptors (Lipinski definition) is 4. The highest BCUT2D eigenvalue weighted by Crippen LogP contribution is 2.25. The molecule has 0 spiro atoms. The van der Waals surface area contributed by atoms with Crippen LogP contribution in [0.15, 0.2) is 59.5 Å². The number of carbonyl (C=O) groups is 1. The maximum atomic E-state index is 13.1. The average molecular weight is 414 g/mol. The summed E-state index contributed by atoms with van der Waals surface area (Å²) in [6, 6.07) is 14.9. The van der Waals surface area contributed by atoms with Gasteiger partial charge in [0.05, 0.1) is 34.2 Å². The van der Waals surface area contributed by atoms with Crippen LogP contribution in [0.5, 0.6) is 0 Å². The molecule has 0 saturated carbocycles. The summed E-state index contributed by atoms with van der Waals surface area (Å²) in [5.74, 6) is 0.454. The van der Waals surface area contributed by atoms with Gasteiger partial charge in [0.2, 0.25) is 0 Å². The van der Waals surface area contributed by atoms with Crippen molar-refractivity contribution >= 4 is 33.5 Å². The van der Waals surface area contributed by atoms with Gasteiger partial charge in [-0.25, -0.2) is 9.50 Å². The number of rotatable bonds is 4. The molecule has 3 aromatic heterocycles. The molecule has 8 nitrogen and oxygen atoms in total. The molecular formula is C23H22N6O2. The van der Waals surface area contributed by atoms with Crippen LogP contribution in [0.25, 0.3) is 27.6 Å². The normalized spacial score (nSPS) is 12.8. The van der Waals surface area contributed by atoms with Crippen LogP contribution in [0.4, 0.5) is 0 Å². The second kappa shape index (κ2) is 7.09. The SMILES string of the molecule is CC(NC(=O)c1cnn2c1[nH]c(=O)c1ccccc12)c1nc2ccccc2n1C(C)C. The number of fused-ring (bicyclic) bond motifs is 4. The smallest absolute Gasteiger partial charge is 0.259 e. The van der Waals surface area contributed by atoms with Gasteiger partial charge in [-0.15, -0.1) is 0 Å². The van der Waals surface area contributed by atoms with Gasteiger partial charge in [-0.3, -0.25) is 9.59 Å². The first-order valence-electron chi connectivity index (χ1n) is 10.2. The Morgan fingerprint density at radius 1 is 1.03 bits per heavy atom. The summed E-state index contributed by atoms with van der Waals surface area (Å²) in [4.78, 5) is 33.2. The van der Waals surface area contributed by atoms with Crippen molar-refractivity contribution in [2.45, 2.75) is 32.9 Å². The van der Waals surface area contributed by atoms with Crippen molar-refractivity contribution in [3.63, 3.8) is 0 Å². The highest BCUT2D eigenvalue weighted by molar-refractivity contribution is 6.00. The van der Waals surface area contributed by atoms with E-state index < -0.39 is 0 Å². The number of para-hydroxylation sites is 3. The molecule has 5 rings (SSSR count). The van der Waals surface area contributed by atoms with Crippen LogP contribution in [-0.2, 0) is 0 Å². The summed E-state index contributed by atoms with van der Waals surface area (Å²) < 4.78 is 3.71. The second-order valence-corrected chi connectivity index (χ2v) is 7.91.